The minimum atomic E-state index is -3.65. The van der Waals surface area contributed by atoms with Gasteiger partial charge in [0.15, 0.2) is 0 Å². The SMILES string of the molecule is CCc1ccccc1N(CC(=O)Nc1nnc(-c2ccc(Cl)cc2)s1)S(C)(=O)=O. The van der Waals surface area contributed by atoms with Crippen LogP contribution in [0.3, 0.4) is 0 Å². The topological polar surface area (TPSA) is 92.3 Å². The Hall–Kier alpha value is -2.49. The molecule has 0 atom stereocenters. The van der Waals surface area contributed by atoms with Crippen molar-refractivity contribution in [2.75, 3.05) is 22.4 Å². The number of hydrogen-bond donors (Lipinski definition) is 1. The molecule has 0 aliphatic rings. The van der Waals surface area contributed by atoms with Crippen LogP contribution in [0.1, 0.15) is 12.5 Å². The molecule has 3 rings (SSSR count). The number of sulfonamides is 1. The van der Waals surface area contributed by atoms with Crippen molar-refractivity contribution < 1.29 is 13.2 Å². The lowest BCUT2D eigenvalue weighted by atomic mass is 10.1. The fraction of sp³-hybridized carbons (Fsp3) is 0.211. The number of nitrogens with one attached hydrogen (secondary N) is 1. The van der Waals surface area contributed by atoms with Gasteiger partial charge in [0.2, 0.25) is 21.1 Å². The fourth-order valence-electron chi connectivity index (χ4n) is 2.71. The van der Waals surface area contributed by atoms with E-state index in [1.165, 1.54) is 11.3 Å². The maximum Gasteiger partial charge on any atom is 0.246 e. The molecule has 2 aromatic carbocycles. The Kier molecular flexibility index (Phi) is 6.51. The minimum Gasteiger partial charge on any atom is -0.299 e. The Labute approximate surface area is 178 Å². The number of nitrogens with zero attached hydrogens (tertiary/aromatic N) is 3. The van der Waals surface area contributed by atoms with E-state index in [9.17, 15) is 13.2 Å². The van der Waals surface area contributed by atoms with Crippen molar-refractivity contribution in [1.29, 1.82) is 0 Å². The molecule has 0 aliphatic carbocycles. The number of aromatic nitrogens is 2. The van der Waals surface area contributed by atoms with Crippen molar-refractivity contribution in [3.05, 3.63) is 59.1 Å². The normalized spacial score (nSPS) is 11.3. The van der Waals surface area contributed by atoms with Gasteiger partial charge in [0.25, 0.3) is 0 Å². The van der Waals surface area contributed by atoms with Crippen molar-refractivity contribution in [3.63, 3.8) is 0 Å². The van der Waals surface area contributed by atoms with Crippen molar-refractivity contribution in [1.82, 2.24) is 10.2 Å². The number of hydrogen-bond acceptors (Lipinski definition) is 6. The molecule has 1 heterocycles. The second-order valence-corrected chi connectivity index (χ2v) is 9.54. The number of halogens is 1. The van der Waals surface area contributed by atoms with Crippen molar-refractivity contribution in [2.45, 2.75) is 13.3 Å². The van der Waals surface area contributed by atoms with Gasteiger partial charge in [0.05, 0.1) is 11.9 Å². The van der Waals surface area contributed by atoms with Gasteiger partial charge in [0.1, 0.15) is 11.6 Å². The summed E-state index contributed by atoms with van der Waals surface area (Å²) in [6.07, 6.45) is 1.72. The number of carbonyl (C=O) groups is 1. The van der Waals surface area contributed by atoms with Gasteiger partial charge in [-0.3, -0.25) is 14.4 Å². The standard InChI is InChI=1S/C19H19ClN4O3S2/c1-3-13-6-4-5-7-16(13)24(29(2,26)27)12-17(25)21-19-23-22-18(28-19)14-8-10-15(20)11-9-14/h4-11H,3,12H2,1-2H3,(H,21,23,25). The van der Waals surface area contributed by atoms with Crippen molar-refractivity contribution in [3.8, 4) is 10.6 Å². The molecule has 10 heteroatoms. The average Bonchev–Trinajstić information content (AvgIpc) is 3.14. The van der Waals surface area contributed by atoms with Crippen LogP contribution in [0.15, 0.2) is 48.5 Å². The highest BCUT2D eigenvalue weighted by Crippen LogP contribution is 2.28. The number of benzene rings is 2. The summed E-state index contributed by atoms with van der Waals surface area (Å²) in [6, 6.07) is 14.2. The van der Waals surface area contributed by atoms with Crippen LogP contribution in [0.25, 0.3) is 10.6 Å². The van der Waals surface area contributed by atoms with Gasteiger partial charge < -0.3 is 0 Å². The van der Waals surface area contributed by atoms with Gasteiger partial charge >= 0.3 is 0 Å². The van der Waals surface area contributed by atoms with Gasteiger partial charge in [-0.15, -0.1) is 10.2 Å². The van der Waals surface area contributed by atoms with E-state index in [2.05, 4.69) is 15.5 Å². The molecule has 0 unspecified atom stereocenters. The highest BCUT2D eigenvalue weighted by molar-refractivity contribution is 7.92. The van der Waals surface area contributed by atoms with E-state index in [4.69, 9.17) is 11.6 Å². The summed E-state index contributed by atoms with van der Waals surface area (Å²) in [7, 11) is -3.65. The first-order chi connectivity index (χ1) is 13.8. The third-order valence-corrected chi connectivity index (χ3v) is 6.36. The molecule has 0 spiro atoms. The van der Waals surface area contributed by atoms with Crippen molar-refractivity contribution in [2.24, 2.45) is 0 Å². The molecule has 0 radical (unpaired) electrons. The molecule has 0 fully saturated rings. The predicted molar refractivity (Wildman–Crippen MR) is 117 cm³/mol. The Morgan fingerprint density at radius 3 is 2.48 bits per heavy atom. The van der Waals surface area contributed by atoms with Crippen LogP contribution in [0, 0.1) is 0 Å². The Morgan fingerprint density at radius 1 is 1.14 bits per heavy atom. The Morgan fingerprint density at radius 2 is 1.83 bits per heavy atom. The first-order valence-electron chi connectivity index (χ1n) is 8.73. The van der Waals surface area contributed by atoms with Crippen LogP contribution < -0.4 is 9.62 Å². The quantitative estimate of drug-likeness (QED) is 0.590. The monoisotopic (exact) mass is 450 g/mol. The van der Waals surface area contributed by atoms with Crippen LogP contribution in [-0.4, -0.2) is 37.3 Å². The van der Waals surface area contributed by atoms with Crippen LogP contribution in [0.5, 0.6) is 0 Å². The zero-order chi connectivity index (χ0) is 21.0. The number of aryl methyl sites for hydroxylation is 1. The summed E-state index contributed by atoms with van der Waals surface area (Å²) >= 11 is 7.08. The number of para-hydroxylation sites is 1. The maximum absolute atomic E-state index is 12.5. The summed E-state index contributed by atoms with van der Waals surface area (Å²) in [5.74, 6) is -0.500. The third kappa shape index (κ3) is 5.31. The van der Waals surface area contributed by atoms with E-state index >= 15 is 0 Å². The largest absolute Gasteiger partial charge is 0.299 e. The molecule has 29 heavy (non-hydrogen) atoms. The van der Waals surface area contributed by atoms with E-state index in [1.54, 1.807) is 24.3 Å². The van der Waals surface area contributed by atoms with Gasteiger partial charge in [0, 0.05) is 10.6 Å². The molecule has 0 saturated carbocycles. The lowest BCUT2D eigenvalue weighted by Gasteiger charge is -2.23. The second kappa shape index (κ2) is 8.89. The molecular weight excluding hydrogens is 432 g/mol. The first-order valence-corrected chi connectivity index (χ1v) is 11.8. The molecule has 0 bridgehead atoms. The number of rotatable bonds is 7. The third-order valence-electron chi connectivity index (χ3n) is 4.09. The minimum absolute atomic E-state index is 0.289. The molecule has 1 amide bonds. The van der Waals surface area contributed by atoms with E-state index < -0.39 is 15.9 Å². The summed E-state index contributed by atoms with van der Waals surface area (Å²) in [4.78, 5) is 12.5. The maximum atomic E-state index is 12.5. The van der Waals surface area contributed by atoms with Crippen molar-refractivity contribution >= 4 is 49.7 Å². The number of anilines is 2. The molecular formula is C19H19ClN4O3S2. The highest BCUT2D eigenvalue weighted by Gasteiger charge is 2.23. The van der Waals surface area contributed by atoms with Crippen LogP contribution in [0.4, 0.5) is 10.8 Å². The van der Waals surface area contributed by atoms with E-state index in [0.29, 0.717) is 22.1 Å². The van der Waals surface area contributed by atoms with Gasteiger partial charge in [-0.1, -0.05) is 60.2 Å². The molecule has 1 aromatic heterocycles. The number of amides is 1. The zero-order valence-corrected chi connectivity index (χ0v) is 18.2. The lowest BCUT2D eigenvalue weighted by molar-refractivity contribution is -0.114. The Bertz CT molecular complexity index is 1110. The zero-order valence-electron chi connectivity index (χ0n) is 15.8. The predicted octanol–water partition coefficient (Wildman–Crippen LogP) is 3.83. The van der Waals surface area contributed by atoms with Gasteiger partial charge in [-0.25, -0.2) is 8.42 Å². The lowest BCUT2D eigenvalue weighted by Crippen LogP contribution is -2.38. The van der Waals surface area contributed by atoms with Crippen LogP contribution >= 0.6 is 22.9 Å². The average molecular weight is 451 g/mol. The molecule has 0 saturated heterocycles. The van der Waals surface area contributed by atoms with Crippen LogP contribution in [-0.2, 0) is 21.2 Å². The van der Waals surface area contributed by atoms with Gasteiger partial charge in [-0.05, 0) is 30.2 Å². The molecule has 7 nitrogen and oxygen atoms in total. The van der Waals surface area contributed by atoms with E-state index in [-0.39, 0.29) is 11.7 Å². The van der Waals surface area contributed by atoms with E-state index in [0.717, 1.165) is 21.7 Å². The highest BCUT2D eigenvalue weighted by atomic mass is 35.5. The van der Waals surface area contributed by atoms with E-state index in [1.807, 2.05) is 31.2 Å². The summed E-state index contributed by atoms with van der Waals surface area (Å²) in [6.45, 7) is 1.57. The first kappa shape index (κ1) is 21.2. The fourth-order valence-corrected chi connectivity index (χ4v) is 4.48. The molecule has 152 valence electrons. The summed E-state index contributed by atoms with van der Waals surface area (Å²) in [5.41, 5.74) is 2.15. The van der Waals surface area contributed by atoms with Gasteiger partial charge in [-0.2, -0.15) is 0 Å². The summed E-state index contributed by atoms with van der Waals surface area (Å²) < 4.78 is 25.7. The van der Waals surface area contributed by atoms with Crippen LogP contribution in [0.2, 0.25) is 5.02 Å². The molecule has 0 aliphatic heterocycles. The molecule has 3 aromatic rings. The smallest absolute Gasteiger partial charge is 0.246 e. The Balaban J connectivity index is 1.77. The summed E-state index contributed by atoms with van der Waals surface area (Å²) in [5, 5.41) is 12.2. The number of carbonyl (C=O) groups excluding carboxylic acids is 1. The second-order valence-electron chi connectivity index (χ2n) is 6.22. The molecule has 1 N–H and O–H groups in total.